The molecule has 118 valence electrons. The maximum atomic E-state index is 6.16. The molecule has 0 bridgehead atoms. The van der Waals surface area contributed by atoms with Crippen molar-refractivity contribution in [3.8, 4) is 0 Å². The van der Waals surface area contributed by atoms with E-state index in [-0.39, 0.29) is 0 Å². The largest absolute Gasteiger partial charge is 0.456 e. The van der Waals surface area contributed by atoms with Crippen LogP contribution in [0, 0.1) is 0 Å². The fourth-order valence-corrected chi connectivity index (χ4v) is 4.37. The Balaban J connectivity index is 1.89. The zero-order valence-electron chi connectivity index (χ0n) is 13.0. The summed E-state index contributed by atoms with van der Waals surface area (Å²) in [4.78, 5) is 0. The number of benzene rings is 4. The monoisotopic (exact) mass is 386 g/mol. The van der Waals surface area contributed by atoms with E-state index < -0.39 is 0 Å². The Morgan fingerprint density at radius 2 is 1.20 bits per heavy atom. The number of halogens is 1. The van der Waals surface area contributed by atoms with Gasteiger partial charge in [-0.05, 0) is 29.0 Å². The van der Waals surface area contributed by atoms with Crippen LogP contribution >= 0.6 is 15.9 Å². The first-order valence-electron chi connectivity index (χ1n) is 8.14. The standard InChI is InChI=1S/C22H11BrO2/c23-17-10-21-22(14-7-2-1-5-12(14)17)16-9-15-13-6-3-4-8-18(13)24-19(15)11-20(16)25-21/h1-11H. The van der Waals surface area contributed by atoms with Gasteiger partial charge in [0, 0.05) is 32.1 Å². The van der Waals surface area contributed by atoms with E-state index >= 15 is 0 Å². The minimum atomic E-state index is 0.852. The highest BCUT2D eigenvalue weighted by molar-refractivity contribution is 9.10. The van der Waals surface area contributed by atoms with Gasteiger partial charge in [0.15, 0.2) is 0 Å². The molecule has 0 radical (unpaired) electrons. The average molecular weight is 387 g/mol. The van der Waals surface area contributed by atoms with Crippen LogP contribution in [0.5, 0.6) is 0 Å². The molecule has 2 aromatic heterocycles. The molecule has 4 aromatic carbocycles. The van der Waals surface area contributed by atoms with Crippen molar-refractivity contribution >= 4 is 70.6 Å². The molecule has 0 fully saturated rings. The van der Waals surface area contributed by atoms with E-state index in [1.54, 1.807) is 0 Å². The second kappa shape index (κ2) is 4.64. The third kappa shape index (κ3) is 1.73. The number of fused-ring (bicyclic) bond motifs is 8. The first kappa shape index (κ1) is 13.5. The lowest BCUT2D eigenvalue weighted by Crippen LogP contribution is -1.76. The van der Waals surface area contributed by atoms with Crippen molar-refractivity contribution in [1.29, 1.82) is 0 Å². The molecule has 2 nitrogen and oxygen atoms in total. The van der Waals surface area contributed by atoms with Gasteiger partial charge in [-0.25, -0.2) is 0 Å². The first-order valence-corrected chi connectivity index (χ1v) is 8.94. The zero-order chi connectivity index (χ0) is 16.5. The first-order chi connectivity index (χ1) is 12.3. The van der Waals surface area contributed by atoms with Crippen LogP contribution in [0.1, 0.15) is 0 Å². The van der Waals surface area contributed by atoms with E-state index in [1.165, 1.54) is 10.8 Å². The van der Waals surface area contributed by atoms with Crippen molar-refractivity contribution in [1.82, 2.24) is 0 Å². The van der Waals surface area contributed by atoms with Gasteiger partial charge in [0.05, 0.1) is 0 Å². The van der Waals surface area contributed by atoms with Gasteiger partial charge in [-0.1, -0.05) is 58.4 Å². The molecular formula is C22H11BrO2. The van der Waals surface area contributed by atoms with Crippen molar-refractivity contribution in [3.63, 3.8) is 0 Å². The fourth-order valence-electron chi connectivity index (χ4n) is 3.82. The maximum absolute atomic E-state index is 6.16. The molecule has 0 spiro atoms. The number of furan rings is 2. The van der Waals surface area contributed by atoms with Crippen molar-refractivity contribution in [3.05, 3.63) is 71.2 Å². The fraction of sp³-hybridized carbons (Fsp3) is 0. The van der Waals surface area contributed by atoms with Gasteiger partial charge in [0.25, 0.3) is 0 Å². The van der Waals surface area contributed by atoms with Crippen LogP contribution in [0.15, 0.2) is 80.0 Å². The van der Waals surface area contributed by atoms with Crippen LogP contribution in [0.25, 0.3) is 54.6 Å². The van der Waals surface area contributed by atoms with Gasteiger partial charge in [-0.3, -0.25) is 0 Å². The highest BCUT2D eigenvalue weighted by Gasteiger charge is 2.16. The summed E-state index contributed by atoms with van der Waals surface area (Å²) in [6, 6.07) is 22.8. The minimum absolute atomic E-state index is 0.852. The van der Waals surface area contributed by atoms with Crippen molar-refractivity contribution in [2.75, 3.05) is 0 Å². The molecule has 0 saturated carbocycles. The Kier molecular flexibility index (Phi) is 2.51. The molecular weight excluding hydrogens is 376 g/mol. The van der Waals surface area contributed by atoms with Gasteiger partial charge in [-0.2, -0.15) is 0 Å². The Hall–Kier alpha value is -2.78. The van der Waals surface area contributed by atoms with E-state index in [0.717, 1.165) is 48.3 Å². The summed E-state index contributed by atoms with van der Waals surface area (Å²) in [5.74, 6) is 0. The molecule has 0 amide bonds. The van der Waals surface area contributed by atoms with E-state index in [1.807, 2.05) is 24.3 Å². The SMILES string of the molecule is Brc1cc2oc3cc4oc5ccccc5c4cc3c2c2ccccc12. The third-order valence-electron chi connectivity index (χ3n) is 4.93. The lowest BCUT2D eigenvalue weighted by Gasteiger charge is -2.02. The Morgan fingerprint density at radius 1 is 0.520 bits per heavy atom. The quantitative estimate of drug-likeness (QED) is 0.271. The molecule has 0 aliphatic rings. The molecule has 0 atom stereocenters. The van der Waals surface area contributed by atoms with E-state index in [4.69, 9.17) is 8.83 Å². The smallest absolute Gasteiger partial charge is 0.139 e. The number of hydrogen-bond acceptors (Lipinski definition) is 2. The normalized spacial score (nSPS) is 12.2. The summed E-state index contributed by atoms with van der Waals surface area (Å²) in [5, 5.41) is 6.92. The zero-order valence-corrected chi connectivity index (χ0v) is 14.6. The van der Waals surface area contributed by atoms with Crippen molar-refractivity contribution < 1.29 is 8.83 Å². The molecule has 0 aliphatic heterocycles. The van der Waals surface area contributed by atoms with Crippen LogP contribution in [-0.4, -0.2) is 0 Å². The molecule has 25 heavy (non-hydrogen) atoms. The van der Waals surface area contributed by atoms with Gasteiger partial charge < -0.3 is 8.83 Å². The van der Waals surface area contributed by atoms with E-state index in [2.05, 4.69) is 58.4 Å². The molecule has 0 aliphatic carbocycles. The summed E-state index contributed by atoms with van der Waals surface area (Å²) in [6.45, 7) is 0. The Labute approximate surface area is 150 Å². The van der Waals surface area contributed by atoms with Crippen LogP contribution < -0.4 is 0 Å². The van der Waals surface area contributed by atoms with Crippen LogP contribution in [-0.2, 0) is 0 Å². The van der Waals surface area contributed by atoms with Crippen LogP contribution in [0.2, 0.25) is 0 Å². The molecule has 3 heteroatoms. The second-order valence-corrected chi connectivity index (χ2v) is 7.18. The molecule has 0 saturated heterocycles. The molecule has 0 unspecified atom stereocenters. The summed E-state index contributed by atoms with van der Waals surface area (Å²) >= 11 is 3.67. The minimum Gasteiger partial charge on any atom is -0.456 e. The van der Waals surface area contributed by atoms with Crippen molar-refractivity contribution in [2.45, 2.75) is 0 Å². The topological polar surface area (TPSA) is 26.3 Å². The highest BCUT2D eigenvalue weighted by Crippen LogP contribution is 2.41. The molecule has 0 N–H and O–H groups in total. The molecule has 6 aromatic rings. The summed E-state index contributed by atoms with van der Waals surface area (Å²) in [6.07, 6.45) is 0. The van der Waals surface area contributed by atoms with Gasteiger partial charge >= 0.3 is 0 Å². The second-order valence-electron chi connectivity index (χ2n) is 6.32. The third-order valence-corrected chi connectivity index (χ3v) is 5.58. The lowest BCUT2D eigenvalue weighted by atomic mass is 10.0. The predicted molar refractivity (Wildman–Crippen MR) is 106 cm³/mol. The molecule has 6 rings (SSSR count). The van der Waals surface area contributed by atoms with Gasteiger partial charge in [-0.15, -0.1) is 0 Å². The van der Waals surface area contributed by atoms with Crippen LogP contribution in [0.3, 0.4) is 0 Å². The van der Waals surface area contributed by atoms with Gasteiger partial charge in [0.1, 0.15) is 22.3 Å². The summed E-state index contributed by atoms with van der Waals surface area (Å²) < 4.78 is 13.2. The van der Waals surface area contributed by atoms with Gasteiger partial charge in [0.2, 0.25) is 0 Å². The van der Waals surface area contributed by atoms with Crippen molar-refractivity contribution in [2.24, 2.45) is 0 Å². The lowest BCUT2D eigenvalue weighted by molar-refractivity contribution is 0.656. The number of rotatable bonds is 0. The number of hydrogen-bond donors (Lipinski definition) is 0. The Morgan fingerprint density at radius 3 is 2.08 bits per heavy atom. The highest BCUT2D eigenvalue weighted by atomic mass is 79.9. The summed E-state index contributed by atoms with van der Waals surface area (Å²) in [7, 11) is 0. The Bertz CT molecular complexity index is 1450. The number of para-hydroxylation sites is 1. The maximum Gasteiger partial charge on any atom is 0.139 e. The summed E-state index contributed by atoms with van der Waals surface area (Å²) in [5.41, 5.74) is 3.50. The predicted octanol–water partition coefficient (Wildman–Crippen LogP) is 7.40. The molecule has 2 heterocycles. The average Bonchev–Trinajstić information content (AvgIpc) is 3.17. The van der Waals surface area contributed by atoms with Crippen LogP contribution in [0.4, 0.5) is 0 Å². The van der Waals surface area contributed by atoms with E-state index in [9.17, 15) is 0 Å². The van der Waals surface area contributed by atoms with E-state index in [0.29, 0.717) is 0 Å².